The van der Waals surface area contributed by atoms with E-state index in [1.54, 1.807) is 31.3 Å². The van der Waals surface area contributed by atoms with Crippen LogP contribution >= 0.6 is 0 Å². The lowest BCUT2D eigenvalue weighted by atomic mass is 10.1. The molecule has 0 aliphatic rings. The van der Waals surface area contributed by atoms with Crippen molar-refractivity contribution in [3.05, 3.63) is 30.1 Å². The molecule has 0 bridgehead atoms. The van der Waals surface area contributed by atoms with Gasteiger partial charge in [0.2, 0.25) is 0 Å². The van der Waals surface area contributed by atoms with Gasteiger partial charge in [0.1, 0.15) is 6.04 Å². The molecule has 0 aliphatic carbocycles. The molecule has 8 heteroatoms. The molecule has 2 amide bonds. The molecule has 1 heterocycles. The van der Waals surface area contributed by atoms with E-state index in [-0.39, 0.29) is 12.8 Å². The molecule has 0 saturated carbocycles. The molecule has 4 N–H and O–H groups in total. The van der Waals surface area contributed by atoms with Crippen molar-refractivity contribution in [2.75, 3.05) is 0 Å². The third-order valence-electron chi connectivity index (χ3n) is 2.73. The number of carboxylic acid groups (broad SMARTS) is 2. The van der Waals surface area contributed by atoms with Crippen LogP contribution in [0.25, 0.3) is 0 Å². The van der Waals surface area contributed by atoms with E-state index in [1.807, 2.05) is 0 Å². The second-order valence-corrected chi connectivity index (χ2v) is 4.42. The minimum atomic E-state index is -1.28. The summed E-state index contributed by atoms with van der Waals surface area (Å²) < 4.78 is 0. The fourth-order valence-electron chi connectivity index (χ4n) is 1.63. The summed E-state index contributed by atoms with van der Waals surface area (Å²) in [6, 6.07) is 2.89. The van der Waals surface area contributed by atoms with Gasteiger partial charge in [0, 0.05) is 12.6 Å². The van der Waals surface area contributed by atoms with Gasteiger partial charge in [-0.05, 0) is 25.5 Å². The number of nitrogens with zero attached hydrogens (tertiary/aromatic N) is 1. The number of pyridine rings is 1. The van der Waals surface area contributed by atoms with Crippen LogP contribution in [0.4, 0.5) is 4.79 Å². The van der Waals surface area contributed by atoms with E-state index >= 15 is 0 Å². The smallest absolute Gasteiger partial charge is 0.326 e. The molecule has 21 heavy (non-hydrogen) atoms. The maximum absolute atomic E-state index is 11.7. The highest BCUT2D eigenvalue weighted by Crippen LogP contribution is 2.07. The van der Waals surface area contributed by atoms with Crippen LogP contribution < -0.4 is 10.6 Å². The summed E-state index contributed by atoms with van der Waals surface area (Å²) in [4.78, 5) is 37.2. The van der Waals surface area contributed by atoms with Crippen LogP contribution in [0.1, 0.15) is 31.5 Å². The number of aromatic nitrogens is 1. The Morgan fingerprint density at radius 3 is 2.48 bits per heavy atom. The molecule has 8 nitrogen and oxygen atoms in total. The molecule has 1 aromatic rings. The number of rotatable bonds is 7. The summed E-state index contributed by atoms with van der Waals surface area (Å²) in [6.07, 6.45) is 1.06. The van der Waals surface area contributed by atoms with Gasteiger partial charge in [0.25, 0.3) is 0 Å². The topological polar surface area (TPSA) is 129 Å². The summed E-state index contributed by atoms with van der Waals surface area (Å²) >= 11 is 0. The number of carbonyl (C=O) groups is 3. The van der Waals surface area contributed by atoms with Crippen LogP contribution in [-0.4, -0.2) is 39.2 Å². The summed E-state index contributed by atoms with van der Waals surface area (Å²) in [5.74, 6) is -2.40. The van der Waals surface area contributed by atoms with Gasteiger partial charge in [-0.2, -0.15) is 0 Å². The standard InChI is InChI=1S/C13H17N3O5/c1-8(9-4-2-3-7-14-9)15-13(21)16-10(12(19)20)5-6-11(17)18/h2-4,7-8,10H,5-6H2,1H3,(H,17,18)(H,19,20)(H2,15,16,21). The number of carbonyl (C=O) groups excluding carboxylic acids is 1. The predicted octanol–water partition coefficient (Wildman–Crippen LogP) is 0.760. The van der Waals surface area contributed by atoms with Gasteiger partial charge in [-0.25, -0.2) is 9.59 Å². The van der Waals surface area contributed by atoms with Crippen molar-refractivity contribution in [1.29, 1.82) is 0 Å². The molecule has 0 fully saturated rings. The van der Waals surface area contributed by atoms with Gasteiger partial charge in [-0.15, -0.1) is 0 Å². The quantitative estimate of drug-likeness (QED) is 0.588. The fourth-order valence-corrected chi connectivity index (χ4v) is 1.63. The van der Waals surface area contributed by atoms with Gasteiger partial charge < -0.3 is 20.8 Å². The highest BCUT2D eigenvalue weighted by molar-refractivity contribution is 5.83. The van der Waals surface area contributed by atoms with Crippen LogP contribution in [0.3, 0.4) is 0 Å². The van der Waals surface area contributed by atoms with Crippen molar-refractivity contribution in [2.45, 2.75) is 31.8 Å². The first-order chi connectivity index (χ1) is 9.90. The van der Waals surface area contributed by atoms with Crippen molar-refractivity contribution in [3.8, 4) is 0 Å². The summed E-state index contributed by atoms with van der Waals surface area (Å²) in [5, 5.41) is 22.3. The molecular weight excluding hydrogens is 278 g/mol. The monoisotopic (exact) mass is 295 g/mol. The molecule has 0 saturated heterocycles. The van der Waals surface area contributed by atoms with Crippen LogP contribution in [0.5, 0.6) is 0 Å². The number of urea groups is 1. The Hall–Kier alpha value is -2.64. The number of carboxylic acids is 2. The molecular formula is C13H17N3O5. The zero-order valence-electron chi connectivity index (χ0n) is 11.4. The lowest BCUT2D eigenvalue weighted by Gasteiger charge is -2.17. The minimum absolute atomic E-state index is 0.184. The molecule has 2 atom stereocenters. The summed E-state index contributed by atoms with van der Waals surface area (Å²) in [7, 11) is 0. The number of hydrogen-bond donors (Lipinski definition) is 4. The van der Waals surface area contributed by atoms with E-state index < -0.39 is 30.1 Å². The van der Waals surface area contributed by atoms with Gasteiger partial charge in [-0.1, -0.05) is 6.07 Å². The van der Waals surface area contributed by atoms with Crippen LogP contribution in [0, 0.1) is 0 Å². The zero-order valence-corrected chi connectivity index (χ0v) is 11.4. The summed E-state index contributed by atoms with van der Waals surface area (Å²) in [6.45, 7) is 1.70. The van der Waals surface area contributed by atoms with Gasteiger partial charge in [0.05, 0.1) is 11.7 Å². The third kappa shape index (κ3) is 5.89. The Balaban J connectivity index is 2.54. The Kier molecular flexibility index (Phi) is 6.12. The van der Waals surface area contributed by atoms with Gasteiger partial charge in [0.15, 0.2) is 0 Å². The van der Waals surface area contributed by atoms with E-state index in [2.05, 4.69) is 15.6 Å². The number of nitrogens with one attached hydrogen (secondary N) is 2. The van der Waals surface area contributed by atoms with E-state index in [0.717, 1.165) is 0 Å². The van der Waals surface area contributed by atoms with Gasteiger partial charge in [-0.3, -0.25) is 9.78 Å². The maximum atomic E-state index is 11.7. The second-order valence-electron chi connectivity index (χ2n) is 4.42. The van der Waals surface area contributed by atoms with Crippen molar-refractivity contribution in [2.24, 2.45) is 0 Å². The molecule has 1 rings (SSSR count). The highest BCUT2D eigenvalue weighted by Gasteiger charge is 2.21. The molecule has 0 radical (unpaired) electrons. The molecule has 2 unspecified atom stereocenters. The molecule has 0 spiro atoms. The lowest BCUT2D eigenvalue weighted by molar-refractivity contribution is -0.140. The van der Waals surface area contributed by atoms with Crippen molar-refractivity contribution < 1.29 is 24.6 Å². The van der Waals surface area contributed by atoms with E-state index in [1.165, 1.54) is 0 Å². The van der Waals surface area contributed by atoms with Crippen LogP contribution in [-0.2, 0) is 9.59 Å². The molecule has 0 aromatic carbocycles. The van der Waals surface area contributed by atoms with Crippen molar-refractivity contribution in [1.82, 2.24) is 15.6 Å². The van der Waals surface area contributed by atoms with E-state index in [9.17, 15) is 14.4 Å². The summed E-state index contributed by atoms with van der Waals surface area (Å²) in [5.41, 5.74) is 0.630. The normalized spacial score (nSPS) is 13.0. The fraction of sp³-hybridized carbons (Fsp3) is 0.385. The van der Waals surface area contributed by atoms with E-state index in [0.29, 0.717) is 5.69 Å². The average molecular weight is 295 g/mol. The molecule has 1 aromatic heterocycles. The Morgan fingerprint density at radius 1 is 1.24 bits per heavy atom. The zero-order chi connectivity index (χ0) is 15.8. The molecule has 0 aliphatic heterocycles. The highest BCUT2D eigenvalue weighted by atomic mass is 16.4. The third-order valence-corrected chi connectivity index (χ3v) is 2.73. The minimum Gasteiger partial charge on any atom is -0.481 e. The Bertz CT molecular complexity index is 506. The Labute approximate surface area is 121 Å². The van der Waals surface area contributed by atoms with Crippen LogP contribution in [0.15, 0.2) is 24.4 Å². The van der Waals surface area contributed by atoms with Gasteiger partial charge >= 0.3 is 18.0 Å². The first-order valence-electron chi connectivity index (χ1n) is 6.32. The van der Waals surface area contributed by atoms with E-state index in [4.69, 9.17) is 10.2 Å². The first-order valence-corrected chi connectivity index (χ1v) is 6.32. The number of aliphatic carboxylic acids is 2. The average Bonchev–Trinajstić information content (AvgIpc) is 2.43. The largest absolute Gasteiger partial charge is 0.481 e. The molecule has 114 valence electrons. The second kappa shape index (κ2) is 7.83. The lowest BCUT2D eigenvalue weighted by Crippen LogP contribution is -2.46. The van der Waals surface area contributed by atoms with Crippen molar-refractivity contribution >= 4 is 18.0 Å². The number of hydrogen-bond acceptors (Lipinski definition) is 4. The SMILES string of the molecule is CC(NC(=O)NC(CCC(=O)O)C(=O)O)c1ccccn1. The maximum Gasteiger partial charge on any atom is 0.326 e. The Morgan fingerprint density at radius 2 is 1.95 bits per heavy atom. The van der Waals surface area contributed by atoms with Crippen LogP contribution in [0.2, 0.25) is 0 Å². The number of amides is 2. The van der Waals surface area contributed by atoms with Crippen molar-refractivity contribution in [3.63, 3.8) is 0 Å². The first kappa shape index (κ1) is 16.4. The predicted molar refractivity (Wildman–Crippen MR) is 72.6 cm³/mol.